The molecule has 102 valence electrons. The van der Waals surface area contributed by atoms with E-state index in [4.69, 9.17) is 21.4 Å². The molecule has 2 aromatic rings. The van der Waals surface area contributed by atoms with Gasteiger partial charge in [0.25, 0.3) is 0 Å². The molecule has 3 nitrogen and oxygen atoms in total. The monoisotopic (exact) mass is 287 g/mol. The second-order valence-electron chi connectivity index (χ2n) is 4.25. The number of ether oxygens (including phenoxy) is 1. The van der Waals surface area contributed by atoms with Crippen molar-refractivity contribution in [3.8, 4) is 17.6 Å². The SMILES string of the molecule is Cc1ccc(COc2cncc(C#CCO)c2)c(Cl)c1. The Bertz CT molecular complexity index is 659. The molecular formula is C16H14ClNO2. The van der Waals surface area contributed by atoms with Gasteiger partial charge in [0.1, 0.15) is 19.0 Å². The van der Waals surface area contributed by atoms with Crippen LogP contribution in [0.2, 0.25) is 5.02 Å². The van der Waals surface area contributed by atoms with E-state index >= 15 is 0 Å². The van der Waals surface area contributed by atoms with Crippen molar-refractivity contribution in [1.82, 2.24) is 4.98 Å². The maximum absolute atomic E-state index is 8.66. The first kappa shape index (κ1) is 14.4. The van der Waals surface area contributed by atoms with Crippen LogP contribution < -0.4 is 4.74 Å². The molecule has 0 saturated carbocycles. The van der Waals surface area contributed by atoms with Gasteiger partial charge < -0.3 is 9.84 Å². The van der Waals surface area contributed by atoms with Gasteiger partial charge in [-0.2, -0.15) is 0 Å². The zero-order valence-corrected chi connectivity index (χ0v) is 11.8. The highest BCUT2D eigenvalue weighted by molar-refractivity contribution is 6.31. The Kier molecular flexibility index (Phi) is 5.00. The van der Waals surface area contributed by atoms with Gasteiger partial charge >= 0.3 is 0 Å². The standard InChI is InChI=1S/C16H14ClNO2/c1-12-4-5-14(16(17)7-12)11-20-15-8-13(3-2-6-19)9-18-10-15/h4-5,7-10,19H,6,11H2,1H3. The third-order valence-corrected chi connectivity index (χ3v) is 2.98. The van der Waals surface area contributed by atoms with E-state index in [1.165, 1.54) is 0 Å². The van der Waals surface area contributed by atoms with Crippen LogP contribution in [-0.2, 0) is 6.61 Å². The second-order valence-corrected chi connectivity index (χ2v) is 4.66. The van der Waals surface area contributed by atoms with Crippen LogP contribution in [0.1, 0.15) is 16.7 Å². The van der Waals surface area contributed by atoms with Gasteiger partial charge in [-0.25, -0.2) is 0 Å². The highest BCUT2D eigenvalue weighted by atomic mass is 35.5. The van der Waals surface area contributed by atoms with Crippen LogP contribution in [0.3, 0.4) is 0 Å². The van der Waals surface area contributed by atoms with Crippen LogP contribution in [0.5, 0.6) is 5.75 Å². The lowest BCUT2D eigenvalue weighted by molar-refractivity contribution is 0.305. The van der Waals surface area contributed by atoms with E-state index in [0.29, 0.717) is 22.9 Å². The van der Waals surface area contributed by atoms with Gasteiger partial charge in [-0.05, 0) is 24.6 Å². The molecule has 1 N–H and O–H groups in total. The van der Waals surface area contributed by atoms with Crippen LogP contribution in [0.4, 0.5) is 0 Å². The Hall–Kier alpha value is -2.02. The molecule has 0 aliphatic rings. The van der Waals surface area contributed by atoms with E-state index in [-0.39, 0.29) is 6.61 Å². The van der Waals surface area contributed by atoms with E-state index in [1.54, 1.807) is 18.5 Å². The zero-order valence-electron chi connectivity index (χ0n) is 11.1. The third kappa shape index (κ3) is 3.99. The topological polar surface area (TPSA) is 42.4 Å². The minimum absolute atomic E-state index is 0.177. The Morgan fingerprint density at radius 2 is 2.15 bits per heavy atom. The molecule has 1 heterocycles. The molecule has 1 aromatic heterocycles. The molecule has 4 heteroatoms. The van der Waals surface area contributed by atoms with Crippen molar-refractivity contribution in [2.24, 2.45) is 0 Å². The summed E-state index contributed by atoms with van der Waals surface area (Å²) in [4.78, 5) is 4.04. The first-order valence-electron chi connectivity index (χ1n) is 6.11. The number of pyridine rings is 1. The van der Waals surface area contributed by atoms with Crippen molar-refractivity contribution in [3.63, 3.8) is 0 Å². The smallest absolute Gasteiger partial charge is 0.139 e. The molecule has 0 spiro atoms. The first-order chi connectivity index (χ1) is 9.69. The fourth-order valence-corrected chi connectivity index (χ4v) is 1.93. The van der Waals surface area contributed by atoms with E-state index in [9.17, 15) is 0 Å². The summed E-state index contributed by atoms with van der Waals surface area (Å²) in [6.07, 6.45) is 3.24. The number of aliphatic hydroxyl groups excluding tert-OH is 1. The van der Waals surface area contributed by atoms with Crippen LogP contribution >= 0.6 is 11.6 Å². The molecule has 0 unspecified atom stereocenters. The van der Waals surface area contributed by atoms with Crippen molar-refractivity contribution < 1.29 is 9.84 Å². The molecule has 0 amide bonds. The number of halogens is 1. The summed E-state index contributed by atoms with van der Waals surface area (Å²) in [5, 5.41) is 9.35. The van der Waals surface area contributed by atoms with E-state index in [2.05, 4.69) is 16.8 Å². The number of benzene rings is 1. The normalized spacial score (nSPS) is 9.75. The quantitative estimate of drug-likeness (QED) is 0.883. The van der Waals surface area contributed by atoms with Crippen molar-refractivity contribution in [1.29, 1.82) is 0 Å². The van der Waals surface area contributed by atoms with Gasteiger partial charge in [-0.1, -0.05) is 35.6 Å². The second kappa shape index (κ2) is 6.95. The predicted octanol–water partition coefficient (Wildman–Crippen LogP) is 2.97. The molecule has 0 aliphatic carbocycles. The third-order valence-electron chi connectivity index (χ3n) is 2.63. The van der Waals surface area contributed by atoms with Crippen molar-refractivity contribution in [3.05, 3.63) is 58.4 Å². The Morgan fingerprint density at radius 3 is 2.90 bits per heavy atom. The molecule has 0 saturated heterocycles. The fourth-order valence-electron chi connectivity index (χ4n) is 1.64. The number of nitrogens with zero attached hydrogens (tertiary/aromatic N) is 1. The van der Waals surface area contributed by atoms with Gasteiger partial charge in [0.05, 0.1) is 6.20 Å². The highest BCUT2D eigenvalue weighted by Crippen LogP contribution is 2.20. The van der Waals surface area contributed by atoms with Gasteiger partial charge in [0.15, 0.2) is 0 Å². The van der Waals surface area contributed by atoms with Gasteiger partial charge in [-0.3, -0.25) is 4.98 Å². The number of hydrogen-bond donors (Lipinski definition) is 1. The molecule has 0 radical (unpaired) electrons. The predicted molar refractivity (Wildman–Crippen MR) is 78.7 cm³/mol. The van der Waals surface area contributed by atoms with Crippen molar-refractivity contribution in [2.45, 2.75) is 13.5 Å². The molecule has 0 fully saturated rings. The zero-order chi connectivity index (χ0) is 14.4. The Balaban J connectivity index is 2.07. The molecule has 0 aliphatic heterocycles. The summed E-state index contributed by atoms with van der Waals surface area (Å²) in [6, 6.07) is 7.62. The first-order valence-corrected chi connectivity index (χ1v) is 6.49. The minimum Gasteiger partial charge on any atom is -0.487 e. The fraction of sp³-hybridized carbons (Fsp3) is 0.188. The number of aliphatic hydroxyl groups is 1. The molecule has 1 aromatic carbocycles. The molecule has 20 heavy (non-hydrogen) atoms. The van der Waals surface area contributed by atoms with Crippen molar-refractivity contribution in [2.75, 3.05) is 6.61 Å². The summed E-state index contributed by atoms with van der Waals surface area (Å²) in [5.74, 6) is 5.97. The summed E-state index contributed by atoms with van der Waals surface area (Å²) < 4.78 is 5.66. The lowest BCUT2D eigenvalue weighted by Gasteiger charge is -2.08. The maximum atomic E-state index is 8.66. The summed E-state index contributed by atoms with van der Waals surface area (Å²) in [5.41, 5.74) is 2.73. The van der Waals surface area contributed by atoms with Crippen LogP contribution in [-0.4, -0.2) is 16.7 Å². The minimum atomic E-state index is -0.177. The van der Waals surface area contributed by atoms with Crippen molar-refractivity contribution >= 4 is 11.6 Å². The highest BCUT2D eigenvalue weighted by Gasteiger charge is 2.02. The number of hydrogen-bond acceptors (Lipinski definition) is 3. The van der Waals surface area contributed by atoms with E-state index in [0.717, 1.165) is 11.1 Å². The molecule has 0 bridgehead atoms. The lowest BCUT2D eigenvalue weighted by atomic mass is 10.1. The summed E-state index contributed by atoms with van der Waals surface area (Å²) in [6.45, 7) is 2.19. The average Bonchev–Trinajstić information content (AvgIpc) is 2.45. The van der Waals surface area contributed by atoms with E-state index < -0.39 is 0 Å². The van der Waals surface area contributed by atoms with Crippen LogP contribution in [0, 0.1) is 18.8 Å². The Morgan fingerprint density at radius 1 is 1.30 bits per heavy atom. The summed E-state index contributed by atoms with van der Waals surface area (Å²) in [7, 11) is 0. The van der Waals surface area contributed by atoms with E-state index in [1.807, 2.05) is 25.1 Å². The molecule has 0 atom stereocenters. The Labute approximate surface area is 123 Å². The van der Waals surface area contributed by atoms with Gasteiger partial charge in [0.2, 0.25) is 0 Å². The largest absolute Gasteiger partial charge is 0.487 e. The van der Waals surface area contributed by atoms with Crippen LogP contribution in [0.15, 0.2) is 36.7 Å². The summed E-state index contributed by atoms with van der Waals surface area (Å²) >= 11 is 6.15. The number of aryl methyl sites for hydroxylation is 1. The number of aromatic nitrogens is 1. The maximum Gasteiger partial charge on any atom is 0.139 e. The average molecular weight is 288 g/mol. The number of rotatable bonds is 3. The van der Waals surface area contributed by atoms with Gasteiger partial charge in [0, 0.05) is 22.3 Å². The van der Waals surface area contributed by atoms with Gasteiger partial charge in [-0.15, -0.1) is 0 Å². The molecular weight excluding hydrogens is 274 g/mol. The lowest BCUT2D eigenvalue weighted by Crippen LogP contribution is -1.97. The molecule has 2 rings (SSSR count). The van der Waals surface area contributed by atoms with Crippen LogP contribution in [0.25, 0.3) is 0 Å².